The van der Waals surface area contributed by atoms with Gasteiger partial charge in [-0.05, 0) is 25.0 Å². The van der Waals surface area contributed by atoms with E-state index in [0.29, 0.717) is 0 Å². The highest BCUT2D eigenvalue weighted by Gasteiger charge is 2.23. The van der Waals surface area contributed by atoms with Gasteiger partial charge < -0.3 is 0 Å². The molecule has 0 spiro atoms. The van der Waals surface area contributed by atoms with Crippen molar-refractivity contribution < 1.29 is 0 Å². The van der Waals surface area contributed by atoms with Gasteiger partial charge in [0.1, 0.15) is 5.03 Å². The predicted molar refractivity (Wildman–Crippen MR) is 97.8 cm³/mol. The molecule has 0 aliphatic heterocycles. The van der Waals surface area contributed by atoms with Gasteiger partial charge in [0.2, 0.25) is 0 Å². The van der Waals surface area contributed by atoms with Crippen molar-refractivity contribution in [3.63, 3.8) is 0 Å². The van der Waals surface area contributed by atoms with E-state index in [4.69, 9.17) is 0 Å². The molecule has 4 rings (SSSR count). The maximum Gasteiger partial charge on any atom is 0.185 e. The van der Waals surface area contributed by atoms with Crippen molar-refractivity contribution in [2.75, 3.05) is 0 Å². The highest BCUT2D eigenvalue weighted by Crippen LogP contribution is 2.38. The summed E-state index contributed by atoms with van der Waals surface area (Å²) in [4.78, 5) is 0. The van der Waals surface area contributed by atoms with Crippen LogP contribution in [0.15, 0.2) is 47.5 Å². The zero-order valence-corrected chi connectivity index (χ0v) is 15.0. The monoisotopic (exact) mass is 328 g/mol. The fourth-order valence-corrected chi connectivity index (χ4v) is 2.95. The maximum absolute atomic E-state index is 4.65. The second-order valence-electron chi connectivity index (χ2n) is 4.65. The van der Waals surface area contributed by atoms with E-state index >= 15 is 0 Å². The highest BCUT2D eigenvalue weighted by molar-refractivity contribution is 8.00. The molecule has 4 nitrogen and oxygen atoms in total. The van der Waals surface area contributed by atoms with E-state index < -0.39 is 0 Å². The zero-order valence-electron chi connectivity index (χ0n) is 14.2. The predicted octanol–water partition coefficient (Wildman–Crippen LogP) is 5.10. The molecule has 0 bridgehead atoms. The molecule has 3 aromatic rings. The molecule has 1 aromatic carbocycles. The van der Waals surface area contributed by atoms with Crippen LogP contribution in [-0.4, -0.2) is 25.1 Å². The van der Waals surface area contributed by atoms with Crippen molar-refractivity contribution in [1.82, 2.24) is 19.8 Å². The number of hydrogen-bond donors (Lipinski definition) is 0. The average molecular weight is 328 g/mol. The molecular weight excluding hydrogens is 304 g/mol. The normalized spacial score (nSPS) is 12.9. The number of rotatable bonds is 3. The summed E-state index contributed by atoms with van der Waals surface area (Å²) in [6.07, 6.45) is 2.61. The minimum absolute atomic E-state index is 0.751. The first-order chi connectivity index (χ1) is 11.4. The second kappa shape index (κ2) is 8.67. The van der Waals surface area contributed by atoms with Gasteiger partial charge in [-0.2, -0.15) is 9.61 Å². The van der Waals surface area contributed by atoms with Crippen LogP contribution in [0.2, 0.25) is 0 Å². The van der Waals surface area contributed by atoms with Crippen LogP contribution in [0.5, 0.6) is 0 Å². The first-order valence-electron chi connectivity index (χ1n) is 8.35. The molecule has 1 fully saturated rings. The topological polar surface area (TPSA) is 43.1 Å². The Hall–Kier alpha value is -1.88. The lowest BCUT2D eigenvalue weighted by Gasteiger charge is -2.01. The standard InChI is InChI=1S/C14H12N4S.2C2H6/c1-2-4-10(5-3-1)14-16-15-12-8-9-13(17-18(12)14)19-11-6-7-11;2*1-2/h1-5,8-9,11H,6-7H2;2*1-2H3. The van der Waals surface area contributed by atoms with Crippen molar-refractivity contribution in [2.45, 2.75) is 50.8 Å². The van der Waals surface area contributed by atoms with Crippen molar-refractivity contribution >= 4 is 17.4 Å². The average Bonchev–Trinajstić information content (AvgIpc) is 3.35. The summed E-state index contributed by atoms with van der Waals surface area (Å²) in [7, 11) is 0. The molecule has 1 aliphatic carbocycles. The lowest BCUT2D eigenvalue weighted by atomic mass is 10.2. The van der Waals surface area contributed by atoms with Gasteiger partial charge >= 0.3 is 0 Å². The van der Waals surface area contributed by atoms with Gasteiger partial charge in [0.05, 0.1) is 0 Å². The Morgan fingerprint density at radius 3 is 2.26 bits per heavy atom. The Morgan fingerprint density at radius 1 is 0.913 bits per heavy atom. The van der Waals surface area contributed by atoms with Gasteiger partial charge in [0.15, 0.2) is 11.5 Å². The van der Waals surface area contributed by atoms with E-state index in [9.17, 15) is 0 Å². The van der Waals surface area contributed by atoms with Crippen LogP contribution in [0, 0.1) is 0 Å². The minimum atomic E-state index is 0.751. The fourth-order valence-electron chi connectivity index (χ4n) is 1.96. The van der Waals surface area contributed by atoms with Crippen LogP contribution in [0.3, 0.4) is 0 Å². The zero-order chi connectivity index (χ0) is 16.7. The van der Waals surface area contributed by atoms with Crippen molar-refractivity contribution in [2.24, 2.45) is 0 Å². The molecule has 2 aromatic heterocycles. The van der Waals surface area contributed by atoms with E-state index in [2.05, 4.69) is 15.3 Å². The lowest BCUT2D eigenvalue weighted by Crippen LogP contribution is -1.96. The molecule has 2 heterocycles. The van der Waals surface area contributed by atoms with Gasteiger partial charge in [-0.3, -0.25) is 0 Å². The van der Waals surface area contributed by atoms with E-state index in [0.717, 1.165) is 27.3 Å². The number of thioether (sulfide) groups is 1. The second-order valence-corrected chi connectivity index (χ2v) is 5.97. The van der Waals surface area contributed by atoms with Crippen LogP contribution >= 0.6 is 11.8 Å². The van der Waals surface area contributed by atoms with E-state index in [1.807, 2.05) is 86.4 Å². The molecule has 0 saturated heterocycles. The summed E-state index contributed by atoms with van der Waals surface area (Å²) in [5.74, 6) is 0.800. The summed E-state index contributed by atoms with van der Waals surface area (Å²) in [5, 5.41) is 14.9. The minimum Gasteiger partial charge on any atom is -0.192 e. The van der Waals surface area contributed by atoms with Gasteiger partial charge in [0.25, 0.3) is 0 Å². The van der Waals surface area contributed by atoms with Gasteiger partial charge in [0, 0.05) is 10.8 Å². The first-order valence-corrected chi connectivity index (χ1v) is 9.23. The molecule has 1 aliphatic rings. The summed E-state index contributed by atoms with van der Waals surface area (Å²) in [6.45, 7) is 8.00. The highest BCUT2D eigenvalue weighted by atomic mass is 32.2. The molecule has 1 saturated carbocycles. The largest absolute Gasteiger partial charge is 0.192 e. The Morgan fingerprint density at radius 2 is 1.61 bits per heavy atom. The van der Waals surface area contributed by atoms with E-state index in [-0.39, 0.29) is 0 Å². The van der Waals surface area contributed by atoms with Crippen LogP contribution in [0.1, 0.15) is 40.5 Å². The Balaban J connectivity index is 0.000000448. The molecule has 0 amide bonds. The molecule has 0 radical (unpaired) electrons. The molecule has 122 valence electrons. The Labute approximate surface area is 142 Å². The summed E-state index contributed by atoms with van der Waals surface area (Å²) in [6, 6.07) is 14.1. The van der Waals surface area contributed by atoms with E-state index in [1.54, 1.807) is 0 Å². The van der Waals surface area contributed by atoms with Crippen LogP contribution in [-0.2, 0) is 0 Å². The summed E-state index contributed by atoms with van der Waals surface area (Å²) in [5.41, 5.74) is 1.83. The Bertz CT molecular complexity index is 720. The molecule has 0 N–H and O–H groups in total. The van der Waals surface area contributed by atoms with Crippen molar-refractivity contribution in [1.29, 1.82) is 0 Å². The molecular formula is C18H24N4S. The number of aromatic nitrogens is 4. The van der Waals surface area contributed by atoms with Gasteiger partial charge in [-0.1, -0.05) is 58.0 Å². The van der Waals surface area contributed by atoms with Crippen LogP contribution < -0.4 is 0 Å². The number of fused-ring (bicyclic) bond motifs is 1. The van der Waals surface area contributed by atoms with Crippen LogP contribution in [0.4, 0.5) is 0 Å². The third-order valence-electron chi connectivity index (χ3n) is 3.08. The molecule has 0 atom stereocenters. The van der Waals surface area contributed by atoms with Gasteiger partial charge in [-0.25, -0.2) is 0 Å². The summed E-state index contributed by atoms with van der Waals surface area (Å²) >= 11 is 1.84. The van der Waals surface area contributed by atoms with Crippen molar-refractivity contribution in [3.05, 3.63) is 42.5 Å². The fraction of sp³-hybridized carbons (Fsp3) is 0.389. The quantitative estimate of drug-likeness (QED) is 0.671. The number of benzene rings is 1. The van der Waals surface area contributed by atoms with E-state index in [1.165, 1.54) is 12.8 Å². The molecule has 23 heavy (non-hydrogen) atoms. The third-order valence-corrected chi connectivity index (χ3v) is 4.35. The SMILES string of the molecule is CC.CC.c1ccc(-c2nnc3ccc(SC4CC4)nn23)cc1. The smallest absolute Gasteiger partial charge is 0.185 e. The van der Waals surface area contributed by atoms with Crippen LogP contribution in [0.25, 0.3) is 17.0 Å². The summed E-state index contributed by atoms with van der Waals surface area (Å²) < 4.78 is 1.83. The van der Waals surface area contributed by atoms with Crippen molar-refractivity contribution in [3.8, 4) is 11.4 Å². The lowest BCUT2D eigenvalue weighted by molar-refractivity contribution is 0.860. The Kier molecular flexibility index (Phi) is 6.59. The first kappa shape index (κ1) is 17.5. The number of hydrogen-bond acceptors (Lipinski definition) is 4. The number of nitrogens with zero attached hydrogens (tertiary/aromatic N) is 4. The molecule has 5 heteroatoms. The maximum atomic E-state index is 4.65. The molecule has 0 unspecified atom stereocenters. The van der Waals surface area contributed by atoms with Gasteiger partial charge in [-0.15, -0.1) is 22.0 Å². The third kappa shape index (κ3) is 4.32.